The van der Waals surface area contributed by atoms with E-state index >= 15 is 0 Å². The minimum absolute atomic E-state index is 0.0311. The zero-order valence-electron chi connectivity index (χ0n) is 13.8. The summed E-state index contributed by atoms with van der Waals surface area (Å²) in [7, 11) is -3.80. The van der Waals surface area contributed by atoms with Crippen LogP contribution in [0.5, 0.6) is 0 Å². The highest BCUT2D eigenvalue weighted by Gasteiger charge is 2.21. The van der Waals surface area contributed by atoms with E-state index in [0.29, 0.717) is 11.6 Å². The third kappa shape index (κ3) is 4.99. The molecular formula is C17H18F2N2O3S. The third-order valence-electron chi connectivity index (χ3n) is 3.46. The van der Waals surface area contributed by atoms with Crippen molar-refractivity contribution in [3.8, 4) is 0 Å². The van der Waals surface area contributed by atoms with Gasteiger partial charge in [0.05, 0.1) is 18.5 Å². The van der Waals surface area contributed by atoms with Crippen LogP contribution < -0.4 is 9.62 Å². The molecule has 0 aliphatic heterocycles. The molecule has 8 heteroatoms. The third-order valence-corrected chi connectivity index (χ3v) is 4.64. The minimum Gasteiger partial charge on any atom is -0.350 e. The maximum atomic E-state index is 13.9. The number of carbonyl (C=O) groups is 1. The van der Waals surface area contributed by atoms with E-state index in [1.165, 1.54) is 0 Å². The van der Waals surface area contributed by atoms with Crippen LogP contribution >= 0.6 is 0 Å². The average Bonchev–Trinajstić information content (AvgIpc) is 2.51. The van der Waals surface area contributed by atoms with E-state index < -0.39 is 21.7 Å². The van der Waals surface area contributed by atoms with E-state index in [4.69, 9.17) is 0 Å². The topological polar surface area (TPSA) is 66.5 Å². The van der Waals surface area contributed by atoms with Gasteiger partial charge in [-0.05, 0) is 31.2 Å². The number of carbonyl (C=O) groups excluding carboxylic acids is 1. The van der Waals surface area contributed by atoms with Gasteiger partial charge in [-0.15, -0.1) is 0 Å². The lowest BCUT2D eigenvalue weighted by Crippen LogP contribution is -2.38. The molecule has 0 atom stereocenters. The van der Waals surface area contributed by atoms with Gasteiger partial charge in [-0.2, -0.15) is 0 Å². The van der Waals surface area contributed by atoms with Crippen LogP contribution in [0.1, 0.15) is 15.9 Å². The zero-order chi connectivity index (χ0) is 18.6. The number of aryl methyl sites for hydroxylation is 1. The molecule has 1 N–H and O–H groups in total. The van der Waals surface area contributed by atoms with Crippen molar-refractivity contribution in [3.63, 3.8) is 0 Å². The van der Waals surface area contributed by atoms with Crippen molar-refractivity contribution < 1.29 is 22.0 Å². The van der Waals surface area contributed by atoms with Crippen molar-refractivity contribution in [2.24, 2.45) is 0 Å². The Hall–Kier alpha value is -2.48. The number of amides is 1. The lowest BCUT2D eigenvalue weighted by molar-refractivity contribution is 0.0954. The van der Waals surface area contributed by atoms with Crippen molar-refractivity contribution >= 4 is 21.6 Å². The van der Waals surface area contributed by atoms with E-state index in [0.717, 1.165) is 28.3 Å². The molecule has 0 aromatic heterocycles. The molecule has 2 aromatic carbocycles. The van der Waals surface area contributed by atoms with Gasteiger partial charge in [0.2, 0.25) is 10.0 Å². The van der Waals surface area contributed by atoms with E-state index in [9.17, 15) is 22.0 Å². The number of halogens is 2. The van der Waals surface area contributed by atoms with Gasteiger partial charge in [0.1, 0.15) is 11.6 Å². The molecule has 0 radical (unpaired) electrons. The van der Waals surface area contributed by atoms with Crippen LogP contribution in [-0.2, 0) is 10.0 Å². The number of sulfonamides is 1. The Morgan fingerprint density at radius 1 is 1.16 bits per heavy atom. The van der Waals surface area contributed by atoms with Gasteiger partial charge in [-0.25, -0.2) is 17.2 Å². The summed E-state index contributed by atoms with van der Waals surface area (Å²) in [6, 6.07) is 9.55. The molecule has 0 fully saturated rings. The van der Waals surface area contributed by atoms with Crippen molar-refractivity contribution in [1.29, 1.82) is 0 Å². The summed E-state index contributed by atoms with van der Waals surface area (Å²) in [4.78, 5) is 12.1. The van der Waals surface area contributed by atoms with Crippen molar-refractivity contribution in [1.82, 2.24) is 5.32 Å². The average molecular weight is 368 g/mol. The van der Waals surface area contributed by atoms with Gasteiger partial charge in [0.25, 0.3) is 5.91 Å². The predicted molar refractivity (Wildman–Crippen MR) is 92.1 cm³/mol. The molecule has 0 saturated heterocycles. The first kappa shape index (κ1) is 18.9. The largest absolute Gasteiger partial charge is 0.350 e. The smallest absolute Gasteiger partial charge is 0.251 e. The Morgan fingerprint density at radius 3 is 2.48 bits per heavy atom. The SMILES string of the molecule is Cc1cccc(C(=O)NCCN(c2ccc(F)cc2F)S(C)(=O)=O)c1. The first-order valence-corrected chi connectivity index (χ1v) is 9.31. The monoisotopic (exact) mass is 368 g/mol. The zero-order valence-corrected chi connectivity index (χ0v) is 14.6. The Bertz CT molecular complexity index is 885. The van der Waals surface area contributed by atoms with Crippen LogP contribution in [0.3, 0.4) is 0 Å². The van der Waals surface area contributed by atoms with Crippen LogP contribution in [0, 0.1) is 18.6 Å². The fraction of sp³-hybridized carbons (Fsp3) is 0.235. The number of benzene rings is 2. The van der Waals surface area contributed by atoms with Gasteiger partial charge in [-0.1, -0.05) is 17.7 Å². The number of rotatable bonds is 6. The minimum atomic E-state index is -3.80. The number of hydrogen-bond donors (Lipinski definition) is 1. The molecule has 2 aromatic rings. The van der Waals surface area contributed by atoms with Gasteiger partial charge in [-0.3, -0.25) is 9.10 Å². The number of nitrogens with zero attached hydrogens (tertiary/aromatic N) is 1. The van der Waals surface area contributed by atoms with Crippen molar-refractivity contribution in [2.45, 2.75) is 6.92 Å². The molecule has 0 aliphatic rings. The van der Waals surface area contributed by atoms with Crippen LogP contribution in [-0.4, -0.2) is 33.7 Å². The molecule has 0 spiro atoms. The number of nitrogens with one attached hydrogen (secondary N) is 1. The van der Waals surface area contributed by atoms with E-state index in [1.807, 2.05) is 13.0 Å². The van der Waals surface area contributed by atoms with Gasteiger partial charge < -0.3 is 5.32 Å². The normalized spacial score (nSPS) is 11.2. The molecule has 134 valence electrons. The second-order valence-electron chi connectivity index (χ2n) is 5.56. The summed E-state index contributed by atoms with van der Waals surface area (Å²) in [5.41, 5.74) is 1.09. The highest BCUT2D eigenvalue weighted by atomic mass is 32.2. The Labute approximate surface area is 145 Å². The van der Waals surface area contributed by atoms with Gasteiger partial charge in [0.15, 0.2) is 0 Å². The lowest BCUT2D eigenvalue weighted by Gasteiger charge is -2.23. The second-order valence-corrected chi connectivity index (χ2v) is 7.46. The summed E-state index contributed by atoms with van der Waals surface area (Å²) in [5.74, 6) is -2.16. The van der Waals surface area contributed by atoms with E-state index in [1.54, 1.807) is 18.2 Å². The number of hydrogen-bond acceptors (Lipinski definition) is 3. The highest BCUT2D eigenvalue weighted by Crippen LogP contribution is 2.22. The summed E-state index contributed by atoms with van der Waals surface area (Å²) in [5, 5.41) is 2.59. The molecule has 0 bridgehead atoms. The molecule has 2 rings (SSSR count). The molecule has 0 heterocycles. The maximum absolute atomic E-state index is 13.9. The van der Waals surface area contributed by atoms with Crippen molar-refractivity contribution in [2.75, 3.05) is 23.7 Å². The van der Waals surface area contributed by atoms with Gasteiger partial charge >= 0.3 is 0 Å². The Kier molecular flexibility index (Phi) is 5.73. The van der Waals surface area contributed by atoms with Crippen LogP contribution in [0.25, 0.3) is 0 Å². The first-order valence-electron chi connectivity index (χ1n) is 7.46. The van der Waals surface area contributed by atoms with Crippen LogP contribution in [0.4, 0.5) is 14.5 Å². The van der Waals surface area contributed by atoms with E-state index in [2.05, 4.69) is 5.32 Å². The maximum Gasteiger partial charge on any atom is 0.251 e. The number of anilines is 1. The molecular weight excluding hydrogens is 350 g/mol. The Balaban J connectivity index is 2.10. The van der Waals surface area contributed by atoms with Crippen LogP contribution in [0.15, 0.2) is 42.5 Å². The van der Waals surface area contributed by atoms with Gasteiger partial charge in [0, 0.05) is 18.2 Å². The quantitative estimate of drug-likeness (QED) is 0.852. The lowest BCUT2D eigenvalue weighted by atomic mass is 10.1. The molecule has 0 saturated carbocycles. The first-order chi connectivity index (χ1) is 11.7. The molecule has 5 nitrogen and oxygen atoms in total. The van der Waals surface area contributed by atoms with Crippen molar-refractivity contribution in [3.05, 3.63) is 65.2 Å². The molecule has 0 aliphatic carbocycles. The summed E-state index contributed by atoms with van der Waals surface area (Å²) >= 11 is 0. The molecule has 1 amide bonds. The standard InChI is InChI=1S/C17H18F2N2O3S/c1-12-4-3-5-13(10-12)17(22)20-8-9-21(25(2,23)24)16-7-6-14(18)11-15(16)19/h3-7,10-11H,8-9H2,1-2H3,(H,20,22). The fourth-order valence-electron chi connectivity index (χ4n) is 2.31. The molecule has 0 unspecified atom stereocenters. The molecule has 25 heavy (non-hydrogen) atoms. The predicted octanol–water partition coefficient (Wildman–Crippen LogP) is 2.47. The highest BCUT2D eigenvalue weighted by molar-refractivity contribution is 7.92. The summed E-state index contributed by atoms with van der Waals surface area (Å²) < 4.78 is 51.5. The van der Waals surface area contributed by atoms with Crippen LogP contribution in [0.2, 0.25) is 0 Å². The summed E-state index contributed by atoms with van der Waals surface area (Å²) in [6.45, 7) is 1.63. The fourth-order valence-corrected chi connectivity index (χ4v) is 3.24. The Morgan fingerprint density at radius 2 is 1.88 bits per heavy atom. The van der Waals surface area contributed by atoms with E-state index in [-0.39, 0.29) is 24.7 Å². The summed E-state index contributed by atoms with van der Waals surface area (Å²) in [6.07, 6.45) is 0.915. The second kappa shape index (κ2) is 7.60.